The third kappa shape index (κ3) is 3.60. The molecule has 1 aliphatic rings. The van der Waals surface area contributed by atoms with E-state index < -0.39 is 22.7 Å². The number of hydrogen-bond donors (Lipinski definition) is 3. The lowest BCUT2D eigenvalue weighted by Gasteiger charge is -2.45. The molecule has 4 rings (SSSR count). The van der Waals surface area contributed by atoms with E-state index in [2.05, 4.69) is 10.3 Å². The van der Waals surface area contributed by atoms with Crippen LogP contribution in [0.15, 0.2) is 66.9 Å². The standard InChI is InChI=1S/C22H19N3O5/c26-18-11-22(12-18,24-21(27)28)16-8-6-15(7-9-16)20-19(14-4-2-1-3-5-14)10-17(13-23-20)25(29)30/h1-10,13,18,24,26H,11-12H2,(H,27,28). The molecule has 8 heteroatoms. The number of nitro groups is 1. The average Bonchev–Trinajstić information content (AvgIpc) is 2.72. The largest absolute Gasteiger partial charge is 0.465 e. The topological polar surface area (TPSA) is 126 Å². The van der Waals surface area contributed by atoms with Crippen molar-refractivity contribution in [3.63, 3.8) is 0 Å². The molecule has 1 heterocycles. The molecule has 1 fully saturated rings. The lowest BCUT2D eigenvalue weighted by molar-refractivity contribution is -0.385. The number of rotatable bonds is 5. The molecule has 0 saturated heterocycles. The van der Waals surface area contributed by atoms with Gasteiger partial charge >= 0.3 is 6.09 Å². The maximum Gasteiger partial charge on any atom is 0.405 e. The smallest absolute Gasteiger partial charge is 0.405 e. The fraction of sp³-hybridized carbons (Fsp3) is 0.182. The number of pyridine rings is 1. The Bertz CT molecular complexity index is 1090. The van der Waals surface area contributed by atoms with Crippen molar-refractivity contribution in [1.29, 1.82) is 0 Å². The number of carbonyl (C=O) groups is 1. The zero-order chi connectivity index (χ0) is 21.3. The van der Waals surface area contributed by atoms with Crippen LogP contribution in [-0.2, 0) is 5.54 Å². The number of nitrogens with one attached hydrogen (secondary N) is 1. The zero-order valence-corrected chi connectivity index (χ0v) is 15.9. The van der Waals surface area contributed by atoms with Crippen molar-refractivity contribution in [3.05, 3.63) is 82.5 Å². The average molecular weight is 405 g/mol. The van der Waals surface area contributed by atoms with E-state index in [0.717, 1.165) is 16.7 Å². The summed E-state index contributed by atoms with van der Waals surface area (Å²) in [6.45, 7) is 0. The second-order valence-electron chi connectivity index (χ2n) is 7.36. The number of hydrogen-bond acceptors (Lipinski definition) is 5. The van der Waals surface area contributed by atoms with Crippen LogP contribution in [0.25, 0.3) is 22.4 Å². The highest BCUT2D eigenvalue weighted by molar-refractivity contribution is 5.82. The second kappa shape index (κ2) is 7.57. The molecule has 2 aromatic carbocycles. The summed E-state index contributed by atoms with van der Waals surface area (Å²) in [5.74, 6) is 0. The molecule has 152 valence electrons. The summed E-state index contributed by atoms with van der Waals surface area (Å²) in [6.07, 6.45) is 0.158. The number of amides is 1. The molecule has 1 saturated carbocycles. The lowest BCUT2D eigenvalue weighted by Crippen LogP contribution is -2.56. The van der Waals surface area contributed by atoms with Crippen LogP contribution in [0.4, 0.5) is 10.5 Å². The van der Waals surface area contributed by atoms with Crippen LogP contribution in [0.3, 0.4) is 0 Å². The van der Waals surface area contributed by atoms with E-state index in [1.54, 1.807) is 12.1 Å². The zero-order valence-electron chi connectivity index (χ0n) is 15.9. The van der Waals surface area contributed by atoms with Gasteiger partial charge in [-0.25, -0.2) is 9.78 Å². The molecule has 1 amide bonds. The van der Waals surface area contributed by atoms with Gasteiger partial charge in [0, 0.05) is 30.0 Å². The highest BCUT2D eigenvalue weighted by Crippen LogP contribution is 2.42. The molecule has 0 unspecified atom stereocenters. The van der Waals surface area contributed by atoms with Crippen LogP contribution in [0.5, 0.6) is 0 Å². The van der Waals surface area contributed by atoms with Gasteiger partial charge in [0.2, 0.25) is 0 Å². The number of aliphatic hydroxyl groups is 1. The van der Waals surface area contributed by atoms with Crippen molar-refractivity contribution in [2.24, 2.45) is 0 Å². The van der Waals surface area contributed by atoms with E-state index in [9.17, 15) is 20.0 Å². The summed E-state index contributed by atoms with van der Waals surface area (Å²) in [4.78, 5) is 26.3. The Balaban J connectivity index is 1.74. The number of benzene rings is 2. The Hall–Kier alpha value is -3.78. The molecule has 1 aromatic heterocycles. The summed E-state index contributed by atoms with van der Waals surface area (Å²) in [6, 6.07) is 18.0. The first-order valence-corrected chi connectivity index (χ1v) is 9.38. The van der Waals surface area contributed by atoms with Gasteiger partial charge in [-0.1, -0.05) is 54.6 Å². The Labute approximate surface area is 172 Å². The number of aliphatic hydroxyl groups excluding tert-OH is 1. The maximum atomic E-state index is 11.2. The lowest BCUT2D eigenvalue weighted by atomic mass is 9.69. The summed E-state index contributed by atoms with van der Waals surface area (Å²) >= 11 is 0. The third-order valence-corrected chi connectivity index (χ3v) is 5.39. The van der Waals surface area contributed by atoms with E-state index in [4.69, 9.17) is 5.11 Å². The maximum absolute atomic E-state index is 11.2. The van der Waals surface area contributed by atoms with E-state index in [1.807, 2.05) is 42.5 Å². The van der Waals surface area contributed by atoms with Crippen LogP contribution in [0.1, 0.15) is 18.4 Å². The molecule has 0 aliphatic heterocycles. The van der Waals surface area contributed by atoms with E-state index >= 15 is 0 Å². The van der Waals surface area contributed by atoms with Gasteiger partial charge in [-0.3, -0.25) is 10.1 Å². The Kier molecular flexibility index (Phi) is 4.93. The van der Waals surface area contributed by atoms with Crippen LogP contribution >= 0.6 is 0 Å². The summed E-state index contributed by atoms with van der Waals surface area (Å²) < 4.78 is 0. The first-order chi connectivity index (χ1) is 14.4. The molecule has 3 N–H and O–H groups in total. The van der Waals surface area contributed by atoms with Gasteiger partial charge in [-0.15, -0.1) is 0 Å². The van der Waals surface area contributed by atoms with Crippen LogP contribution < -0.4 is 5.32 Å². The summed E-state index contributed by atoms with van der Waals surface area (Å²) in [5.41, 5.74) is 2.62. The van der Waals surface area contributed by atoms with Crippen LogP contribution in [-0.4, -0.2) is 32.3 Å². The predicted molar refractivity (Wildman–Crippen MR) is 110 cm³/mol. The minimum atomic E-state index is -1.14. The minimum absolute atomic E-state index is 0.0951. The minimum Gasteiger partial charge on any atom is -0.465 e. The van der Waals surface area contributed by atoms with Crippen LogP contribution in [0, 0.1) is 10.1 Å². The molecule has 0 atom stereocenters. The third-order valence-electron chi connectivity index (χ3n) is 5.39. The highest BCUT2D eigenvalue weighted by Gasteiger charge is 2.46. The van der Waals surface area contributed by atoms with E-state index in [0.29, 0.717) is 24.1 Å². The van der Waals surface area contributed by atoms with Crippen molar-refractivity contribution in [1.82, 2.24) is 10.3 Å². The monoisotopic (exact) mass is 405 g/mol. The molecule has 30 heavy (non-hydrogen) atoms. The Morgan fingerprint density at radius 1 is 1.10 bits per heavy atom. The highest BCUT2D eigenvalue weighted by atomic mass is 16.6. The van der Waals surface area contributed by atoms with Crippen molar-refractivity contribution in [3.8, 4) is 22.4 Å². The van der Waals surface area contributed by atoms with Crippen molar-refractivity contribution in [2.75, 3.05) is 0 Å². The number of aromatic nitrogens is 1. The van der Waals surface area contributed by atoms with Gasteiger partial charge in [0.1, 0.15) is 6.20 Å². The fourth-order valence-corrected chi connectivity index (χ4v) is 3.93. The molecule has 8 nitrogen and oxygen atoms in total. The second-order valence-corrected chi connectivity index (χ2v) is 7.36. The van der Waals surface area contributed by atoms with Gasteiger partial charge in [-0.2, -0.15) is 0 Å². The van der Waals surface area contributed by atoms with E-state index in [-0.39, 0.29) is 5.69 Å². The molecule has 0 bridgehead atoms. The van der Waals surface area contributed by atoms with Crippen molar-refractivity contribution in [2.45, 2.75) is 24.5 Å². The first kappa shape index (κ1) is 19.5. The summed E-state index contributed by atoms with van der Waals surface area (Å²) in [7, 11) is 0. The normalized spacial score (nSPS) is 20.2. The molecule has 0 spiro atoms. The molecule has 0 radical (unpaired) electrons. The Morgan fingerprint density at radius 3 is 2.33 bits per heavy atom. The van der Waals surface area contributed by atoms with Gasteiger partial charge in [0.25, 0.3) is 5.69 Å². The Morgan fingerprint density at radius 2 is 1.77 bits per heavy atom. The quantitative estimate of drug-likeness (QED) is 0.436. The van der Waals surface area contributed by atoms with Crippen LogP contribution in [0.2, 0.25) is 0 Å². The molecular formula is C22H19N3O5. The number of nitrogens with zero attached hydrogens (tertiary/aromatic N) is 2. The molecule has 3 aromatic rings. The van der Waals surface area contributed by atoms with Gasteiger partial charge in [0.05, 0.1) is 22.3 Å². The number of carboxylic acid groups (broad SMARTS) is 1. The van der Waals surface area contributed by atoms with Crippen molar-refractivity contribution >= 4 is 11.8 Å². The van der Waals surface area contributed by atoms with Gasteiger partial charge in [0.15, 0.2) is 0 Å². The van der Waals surface area contributed by atoms with Gasteiger partial charge in [-0.05, 0) is 11.1 Å². The van der Waals surface area contributed by atoms with Gasteiger partial charge < -0.3 is 15.5 Å². The van der Waals surface area contributed by atoms with E-state index in [1.165, 1.54) is 12.3 Å². The van der Waals surface area contributed by atoms with Crippen molar-refractivity contribution < 1.29 is 19.9 Å². The first-order valence-electron chi connectivity index (χ1n) is 9.38. The fourth-order valence-electron chi connectivity index (χ4n) is 3.93. The SMILES string of the molecule is O=C(O)NC1(c2ccc(-c3ncc([N+](=O)[O-])cc3-c3ccccc3)cc2)CC(O)C1. The predicted octanol–water partition coefficient (Wildman–Crippen LogP) is 3.94. The summed E-state index contributed by atoms with van der Waals surface area (Å²) in [5, 5.41) is 32.6. The molecular weight excluding hydrogens is 386 g/mol. The molecule has 1 aliphatic carbocycles.